The van der Waals surface area contributed by atoms with Crippen LogP contribution in [0.15, 0.2) is 0 Å². The lowest BCUT2D eigenvalue weighted by Crippen LogP contribution is -2.59. The molecular formula is C14H25N3O4. The van der Waals surface area contributed by atoms with E-state index in [0.29, 0.717) is 0 Å². The van der Waals surface area contributed by atoms with E-state index in [1.807, 2.05) is 0 Å². The summed E-state index contributed by atoms with van der Waals surface area (Å²) < 4.78 is 23.0. The highest BCUT2D eigenvalue weighted by atomic mass is 16.7. The lowest BCUT2D eigenvalue weighted by atomic mass is 10.0. The molecule has 0 aromatic carbocycles. The molecule has 4 rings (SSSR count). The second-order valence-corrected chi connectivity index (χ2v) is 6.29. The zero-order valence-electron chi connectivity index (χ0n) is 12.5. The summed E-state index contributed by atoms with van der Waals surface area (Å²) in [6.45, 7) is 6.76. The van der Waals surface area contributed by atoms with E-state index in [9.17, 15) is 0 Å². The number of rotatable bonds is 2. The van der Waals surface area contributed by atoms with E-state index in [2.05, 4.69) is 15.6 Å². The van der Waals surface area contributed by atoms with Crippen LogP contribution in [-0.4, -0.2) is 74.2 Å². The van der Waals surface area contributed by atoms with Crippen LogP contribution in [0.5, 0.6) is 0 Å². The van der Waals surface area contributed by atoms with Gasteiger partial charge in [-0.15, -0.1) is 0 Å². The standard InChI is InChI=1S/C14H25N3O4/c1-5-16(6-2-13(1)18-9-10-19-13)15-17-7-3-14(4-8-17)20-11-12-21-14/h15H,1-12H2. The first kappa shape index (κ1) is 14.3. The zero-order chi connectivity index (χ0) is 14.2. The van der Waals surface area contributed by atoms with Crippen LogP contribution in [0.25, 0.3) is 0 Å². The molecule has 4 fully saturated rings. The molecule has 7 nitrogen and oxygen atoms in total. The van der Waals surface area contributed by atoms with Gasteiger partial charge in [0.2, 0.25) is 0 Å². The molecule has 0 amide bonds. The molecular weight excluding hydrogens is 274 g/mol. The fraction of sp³-hybridized carbons (Fsp3) is 1.00. The maximum absolute atomic E-state index is 5.76. The average Bonchev–Trinajstić information content (AvgIpc) is 3.15. The quantitative estimate of drug-likeness (QED) is 0.775. The molecule has 4 aliphatic rings. The number of hydrogen-bond donors (Lipinski definition) is 1. The summed E-state index contributed by atoms with van der Waals surface area (Å²) in [5.41, 5.74) is 3.51. The number of piperidine rings is 2. The van der Waals surface area contributed by atoms with Gasteiger partial charge >= 0.3 is 0 Å². The molecule has 0 saturated carbocycles. The molecule has 4 heterocycles. The highest BCUT2D eigenvalue weighted by Gasteiger charge is 2.42. The van der Waals surface area contributed by atoms with Gasteiger partial charge in [0, 0.05) is 51.9 Å². The fourth-order valence-electron chi connectivity index (χ4n) is 3.67. The van der Waals surface area contributed by atoms with Crippen molar-refractivity contribution in [3.05, 3.63) is 0 Å². The second kappa shape index (κ2) is 5.73. The summed E-state index contributed by atoms with van der Waals surface area (Å²) >= 11 is 0. The Hall–Kier alpha value is -0.280. The Morgan fingerprint density at radius 3 is 1.24 bits per heavy atom. The Labute approximate surface area is 125 Å². The third-order valence-electron chi connectivity index (χ3n) is 4.96. The monoisotopic (exact) mass is 299 g/mol. The van der Waals surface area contributed by atoms with E-state index in [1.54, 1.807) is 0 Å². The summed E-state index contributed by atoms with van der Waals surface area (Å²) in [4.78, 5) is 0. The molecule has 0 unspecified atom stereocenters. The first-order chi connectivity index (χ1) is 10.3. The predicted octanol–water partition coefficient (Wildman–Crippen LogP) is 0.0838. The Bertz CT molecular complexity index is 315. The summed E-state index contributed by atoms with van der Waals surface area (Å²) in [6.07, 6.45) is 3.74. The van der Waals surface area contributed by atoms with Crippen LogP contribution in [0.4, 0.5) is 0 Å². The minimum absolute atomic E-state index is 0.296. The van der Waals surface area contributed by atoms with E-state index < -0.39 is 0 Å². The molecule has 1 N–H and O–H groups in total. The normalized spacial score (nSPS) is 33.1. The first-order valence-corrected chi connectivity index (χ1v) is 8.10. The maximum atomic E-state index is 5.76. The second-order valence-electron chi connectivity index (χ2n) is 6.29. The van der Waals surface area contributed by atoms with Gasteiger partial charge in [-0.2, -0.15) is 5.53 Å². The van der Waals surface area contributed by atoms with Gasteiger partial charge in [-0.05, 0) is 0 Å². The van der Waals surface area contributed by atoms with E-state index >= 15 is 0 Å². The zero-order valence-corrected chi connectivity index (χ0v) is 12.5. The fourth-order valence-corrected chi connectivity index (χ4v) is 3.67. The van der Waals surface area contributed by atoms with Gasteiger partial charge < -0.3 is 18.9 Å². The molecule has 21 heavy (non-hydrogen) atoms. The molecule has 4 aliphatic heterocycles. The van der Waals surface area contributed by atoms with Crippen molar-refractivity contribution in [3.63, 3.8) is 0 Å². The van der Waals surface area contributed by atoms with Gasteiger partial charge in [-0.25, -0.2) is 10.0 Å². The van der Waals surface area contributed by atoms with Gasteiger partial charge in [0.15, 0.2) is 11.6 Å². The molecule has 0 atom stereocenters. The number of ether oxygens (including phenoxy) is 4. The summed E-state index contributed by atoms with van der Waals surface area (Å²) in [5, 5.41) is 4.54. The molecule has 0 aliphatic carbocycles. The van der Waals surface area contributed by atoms with Crippen molar-refractivity contribution in [1.29, 1.82) is 0 Å². The van der Waals surface area contributed by atoms with Crippen molar-refractivity contribution < 1.29 is 18.9 Å². The third kappa shape index (κ3) is 2.96. The minimum Gasteiger partial charge on any atom is -0.347 e. The lowest BCUT2D eigenvalue weighted by molar-refractivity contribution is -0.209. The minimum atomic E-state index is -0.296. The Morgan fingerprint density at radius 1 is 0.571 bits per heavy atom. The summed E-state index contributed by atoms with van der Waals surface area (Å²) in [6, 6.07) is 0. The number of hydrazine groups is 2. The predicted molar refractivity (Wildman–Crippen MR) is 74.0 cm³/mol. The van der Waals surface area contributed by atoms with Crippen molar-refractivity contribution in [2.24, 2.45) is 0 Å². The van der Waals surface area contributed by atoms with Crippen LogP contribution in [0.1, 0.15) is 25.7 Å². The third-order valence-corrected chi connectivity index (χ3v) is 4.96. The van der Waals surface area contributed by atoms with Crippen molar-refractivity contribution in [2.75, 3.05) is 52.6 Å². The van der Waals surface area contributed by atoms with Crippen LogP contribution in [0, 0.1) is 0 Å². The smallest absolute Gasteiger partial charge is 0.171 e. The maximum Gasteiger partial charge on any atom is 0.171 e. The van der Waals surface area contributed by atoms with Crippen LogP contribution >= 0.6 is 0 Å². The highest BCUT2D eigenvalue weighted by Crippen LogP contribution is 2.32. The average molecular weight is 299 g/mol. The molecule has 7 heteroatoms. The van der Waals surface area contributed by atoms with Gasteiger partial charge in [-0.3, -0.25) is 0 Å². The Balaban J connectivity index is 1.23. The number of nitrogens with zero attached hydrogens (tertiary/aromatic N) is 2. The van der Waals surface area contributed by atoms with Crippen LogP contribution < -0.4 is 5.53 Å². The SMILES string of the molecule is C1COC2(CCN(NN3CCC4(CC3)OCCO4)CC2)O1. The highest BCUT2D eigenvalue weighted by molar-refractivity contribution is 4.83. The summed E-state index contributed by atoms with van der Waals surface area (Å²) in [5.74, 6) is -0.592. The molecule has 0 aromatic rings. The molecule has 4 saturated heterocycles. The van der Waals surface area contributed by atoms with E-state index in [4.69, 9.17) is 18.9 Å². The van der Waals surface area contributed by atoms with Crippen LogP contribution in [-0.2, 0) is 18.9 Å². The molecule has 0 bridgehead atoms. The van der Waals surface area contributed by atoms with E-state index in [-0.39, 0.29) is 11.6 Å². The topological polar surface area (TPSA) is 55.4 Å². The number of hydrogen-bond acceptors (Lipinski definition) is 7. The molecule has 2 spiro atoms. The molecule has 120 valence electrons. The van der Waals surface area contributed by atoms with Crippen LogP contribution in [0.2, 0.25) is 0 Å². The van der Waals surface area contributed by atoms with Crippen molar-refractivity contribution in [1.82, 2.24) is 15.6 Å². The number of nitrogens with one attached hydrogen (secondary N) is 1. The first-order valence-electron chi connectivity index (χ1n) is 8.10. The van der Waals surface area contributed by atoms with E-state index in [0.717, 1.165) is 78.3 Å². The van der Waals surface area contributed by atoms with Crippen molar-refractivity contribution >= 4 is 0 Å². The molecule has 0 aromatic heterocycles. The molecule has 0 radical (unpaired) electrons. The summed E-state index contributed by atoms with van der Waals surface area (Å²) in [7, 11) is 0. The van der Waals surface area contributed by atoms with Crippen molar-refractivity contribution in [2.45, 2.75) is 37.3 Å². The van der Waals surface area contributed by atoms with Crippen molar-refractivity contribution in [3.8, 4) is 0 Å². The lowest BCUT2D eigenvalue weighted by Gasteiger charge is -2.43. The van der Waals surface area contributed by atoms with Crippen LogP contribution in [0.3, 0.4) is 0 Å². The van der Waals surface area contributed by atoms with Gasteiger partial charge in [-0.1, -0.05) is 0 Å². The van der Waals surface area contributed by atoms with Gasteiger partial charge in [0.25, 0.3) is 0 Å². The largest absolute Gasteiger partial charge is 0.347 e. The van der Waals surface area contributed by atoms with Gasteiger partial charge in [0.05, 0.1) is 26.4 Å². The Morgan fingerprint density at radius 2 is 0.905 bits per heavy atom. The Kier molecular flexibility index (Phi) is 3.91. The van der Waals surface area contributed by atoms with Gasteiger partial charge in [0.1, 0.15) is 0 Å². The van der Waals surface area contributed by atoms with E-state index in [1.165, 1.54) is 0 Å².